The number of nitrogens with zero attached hydrogens (tertiary/aromatic N) is 1. The van der Waals surface area contributed by atoms with Crippen molar-refractivity contribution >= 4 is 23.4 Å². The average molecular weight is 220 g/mol. The highest BCUT2D eigenvalue weighted by Gasteiger charge is 2.17. The summed E-state index contributed by atoms with van der Waals surface area (Å²) in [7, 11) is 0. The molecule has 0 spiro atoms. The van der Waals surface area contributed by atoms with Crippen LogP contribution in [-0.4, -0.2) is 41.4 Å². The summed E-state index contributed by atoms with van der Waals surface area (Å²) in [5.41, 5.74) is 0. The van der Waals surface area contributed by atoms with Crippen molar-refractivity contribution in [2.24, 2.45) is 0 Å². The lowest BCUT2D eigenvalue weighted by Gasteiger charge is -2.30. The molecule has 1 saturated heterocycles. The molecule has 3 heteroatoms. The molecule has 1 aliphatic rings. The smallest absolute Gasteiger partial charge is 0.0404 e. The molecule has 0 aliphatic carbocycles. The van der Waals surface area contributed by atoms with Crippen molar-refractivity contribution < 1.29 is 0 Å². The van der Waals surface area contributed by atoms with Crippen molar-refractivity contribution in [2.45, 2.75) is 18.6 Å². The van der Waals surface area contributed by atoms with E-state index in [1.54, 1.807) is 0 Å². The predicted octanol–water partition coefficient (Wildman–Crippen LogP) is 2.61. The van der Waals surface area contributed by atoms with Crippen molar-refractivity contribution in [1.29, 1.82) is 0 Å². The van der Waals surface area contributed by atoms with Crippen LogP contribution in [0.2, 0.25) is 0 Å². The number of allylic oxidation sites excluding steroid dienone is 1. The molecule has 0 aromatic carbocycles. The molecule has 0 aromatic rings. The van der Waals surface area contributed by atoms with E-state index in [-0.39, 0.29) is 0 Å². The first-order chi connectivity index (χ1) is 6.36. The lowest BCUT2D eigenvalue weighted by atomic mass is 10.3. The van der Waals surface area contributed by atoms with Crippen LogP contribution in [0.3, 0.4) is 0 Å². The second kappa shape index (κ2) is 6.74. The van der Waals surface area contributed by atoms with Gasteiger partial charge in [0.2, 0.25) is 0 Å². The molecule has 1 unspecified atom stereocenters. The largest absolute Gasteiger partial charge is 0.298 e. The minimum absolute atomic E-state index is 0.639. The van der Waals surface area contributed by atoms with E-state index >= 15 is 0 Å². The van der Waals surface area contributed by atoms with E-state index in [4.69, 9.17) is 11.6 Å². The van der Waals surface area contributed by atoms with Crippen LogP contribution in [0.5, 0.6) is 0 Å². The van der Waals surface area contributed by atoms with Gasteiger partial charge >= 0.3 is 0 Å². The summed E-state index contributed by atoms with van der Waals surface area (Å²) in [6.45, 7) is 5.82. The van der Waals surface area contributed by atoms with Crippen LogP contribution in [0, 0.1) is 0 Å². The van der Waals surface area contributed by atoms with E-state index in [1.165, 1.54) is 25.3 Å². The minimum atomic E-state index is 0.639. The van der Waals surface area contributed by atoms with Crippen LogP contribution in [0.1, 0.15) is 13.3 Å². The third-order valence-corrected chi connectivity index (χ3v) is 3.85. The molecule has 13 heavy (non-hydrogen) atoms. The summed E-state index contributed by atoms with van der Waals surface area (Å²) in [6.07, 6.45) is 5.50. The van der Waals surface area contributed by atoms with E-state index in [0.717, 1.165) is 11.8 Å². The van der Waals surface area contributed by atoms with Gasteiger partial charge in [0.1, 0.15) is 0 Å². The monoisotopic (exact) mass is 219 g/mol. The Hall–Kier alpha value is 0.340. The molecule has 0 bridgehead atoms. The molecule has 0 saturated carbocycles. The third-order valence-electron chi connectivity index (χ3n) is 2.30. The van der Waals surface area contributed by atoms with Gasteiger partial charge in [0, 0.05) is 36.5 Å². The van der Waals surface area contributed by atoms with Gasteiger partial charge in [-0.2, -0.15) is 11.8 Å². The average Bonchev–Trinajstić information content (AvgIpc) is 2.19. The molecular weight excluding hydrogens is 202 g/mol. The Morgan fingerprint density at radius 2 is 2.38 bits per heavy atom. The topological polar surface area (TPSA) is 3.24 Å². The zero-order chi connectivity index (χ0) is 9.52. The maximum absolute atomic E-state index is 5.57. The molecule has 0 N–H and O–H groups in total. The standard InChI is InChI=1S/C10H18ClNS/c1-2-10-9-12(7-8-13-10)6-4-3-5-11/h3-4,10H,2,5-9H2,1H3/b4-3+. The Morgan fingerprint density at radius 1 is 1.54 bits per heavy atom. The second-order valence-electron chi connectivity index (χ2n) is 3.29. The Morgan fingerprint density at radius 3 is 3.08 bits per heavy atom. The Bertz CT molecular complexity index is 161. The van der Waals surface area contributed by atoms with E-state index in [9.17, 15) is 0 Å². The van der Waals surface area contributed by atoms with Crippen LogP contribution in [-0.2, 0) is 0 Å². The lowest BCUT2D eigenvalue weighted by Crippen LogP contribution is -2.37. The van der Waals surface area contributed by atoms with Gasteiger partial charge in [0.25, 0.3) is 0 Å². The lowest BCUT2D eigenvalue weighted by molar-refractivity contribution is 0.311. The molecule has 1 heterocycles. The van der Waals surface area contributed by atoms with Gasteiger partial charge in [-0.3, -0.25) is 4.90 Å². The number of hydrogen-bond donors (Lipinski definition) is 0. The summed E-state index contributed by atoms with van der Waals surface area (Å²) in [4.78, 5) is 2.51. The summed E-state index contributed by atoms with van der Waals surface area (Å²) < 4.78 is 0. The molecular formula is C10H18ClNS. The molecule has 0 aromatic heterocycles. The number of halogens is 1. The minimum Gasteiger partial charge on any atom is -0.298 e. The first-order valence-electron chi connectivity index (χ1n) is 4.91. The fourth-order valence-corrected chi connectivity index (χ4v) is 2.85. The van der Waals surface area contributed by atoms with Crippen molar-refractivity contribution in [3.05, 3.63) is 12.2 Å². The SMILES string of the molecule is CCC1CN(C/C=C/CCl)CCS1. The van der Waals surface area contributed by atoms with Gasteiger partial charge in [-0.05, 0) is 6.42 Å². The van der Waals surface area contributed by atoms with Gasteiger partial charge in [-0.15, -0.1) is 11.6 Å². The van der Waals surface area contributed by atoms with Crippen molar-refractivity contribution in [2.75, 3.05) is 31.3 Å². The van der Waals surface area contributed by atoms with Gasteiger partial charge in [-0.25, -0.2) is 0 Å². The van der Waals surface area contributed by atoms with Gasteiger partial charge in [0.15, 0.2) is 0 Å². The van der Waals surface area contributed by atoms with E-state index < -0.39 is 0 Å². The summed E-state index contributed by atoms with van der Waals surface area (Å²) >= 11 is 7.68. The highest BCUT2D eigenvalue weighted by molar-refractivity contribution is 8.00. The van der Waals surface area contributed by atoms with E-state index in [1.807, 2.05) is 6.08 Å². The second-order valence-corrected chi connectivity index (χ2v) is 5.00. The zero-order valence-corrected chi connectivity index (χ0v) is 9.78. The van der Waals surface area contributed by atoms with Crippen molar-refractivity contribution in [1.82, 2.24) is 4.90 Å². The molecule has 0 amide bonds. The Kier molecular flexibility index (Phi) is 5.92. The van der Waals surface area contributed by atoms with E-state index in [0.29, 0.717) is 5.88 Å². The first kappa shape index (κ1) is 11.4. The third kappa shape index (κ3) is 4.39. The number of hydrogen-bond acceptors (Lipinski definition) is 2. The molecule has 0 radical (unpaired) electrons. The fraction of sp³-hybridized carbons (Fsp3) is 0.800. The first-order valence-corrected chi connectivity index (χ1v) is 6.50. The van der Waals surface area contributed by atoms with E-state index in [2.05, 4.69) is 29.7 Å². The van der Waals surface area contributed by atoms with Crippen molar-refractivity contribution in [3.8, 4) is 0 Å². The quantitative estimate of drug-likeness (QED) is 0.528. The van der Waals surface area contributed by atoms with Gasteiger partial charge in [-0.1, -0.05) is 19.1 Å². The number of thioether (sulfide) groups is 1. The van der Waals surface area contributed by atoms with Gasteiger partial charge in [0.05, 0.1) is 0 Å². The van der Waals surface area contributed by atoms with Crippen LogP contribution in [0.4, 0.5) is 0 Å². The molecule has 1 rings (SSSR count). The summed E-state index contributed by atoms with van der Waals surface area (Å²) in [5.74, 6) is 1.92. The summed E-state index contributed by atoms with van der Waals surface area (Å²) in [5, 5.41) is 0.846. The van der Waals surface area contributed by atoms with Crippen molar-refractivity contribution in [3.63, 3.8) is 0 Å². The van der Waals surface area contributed by atoms with Crippen LogP contribution in [0.15, 0.2) is 12.2 Å². The summed E-state index contributed by atoms with van der Waals surface area (Å²) in [6, 6.07) is 0. The highest BCUT2D eigenvalue weighted by atomic mass is 35.5. The van der Waals surface area contributed by atoms with Crippen LogP contribution in [0.25, 0.3) is 0 Å². The zero-order valence-electron chi connectivity index (χ0n) is 8.21. The molecule has 1 fully saturated rings. The molecule has 76 valence electrons. The molecule has 1 aliphatic heterocycles. The maximum Gasteiger partial charge on any atom is 0.0404 e. The molecule has 1 atom stereocenters. The highest BCUT2D eigenvalue weighted by Crippen LogP contribution is 2.20. The molecule has 1 nitrogen and oxygen atoms in total. The number of rotatable bonds is 4. The normalized spacial score (nSPS) is 25.5. The van der Waals surface area contributed by atoms with Crippen LogP contribution >= 0.6 is 23.4 Å². The maximum atomic E-state index is 5.57. The fourth-order valence-electron chi connectivity index (χ4n) is 1.48. The number of alkyl halides is 1. The predicted molar refractivity (Wildman–Crippen MR) is 62.8 cm³/mol. The Balaban J connectivity index is 2.21. The van der Waals surface area contributed by atoms with Crippen LogP contribution < -0.4 is 0 Å². The van der Waals surface area contributed by atoms with Gasteiger partial charge < -0.3 is 0 Å². The Labute approximate surface area is 90.5 Å².